The second-order valence-corrected chi connectivity index (χ2v) is 2.95. The Morgan fingerprint density at radius 1 is 1.47 bits per heavy atom. The quantitative estimate of drug-likeness (QED) is 0.540. The second-order valence-electron chi connectivity index (χ2n) is 2.95. The number of nitro groups is 1. The molecule has 0 aliphatic heterocycles. The number of ketones is 1. The van der Waals surface area contributed by atoms with E-state index in [1.54, 1.807) is 30.3 Å². The fraction of sp³-hybridized carbons (Fsp3) is 0.200. The molecule has 0 aliphatic rings. The van der Waals surface area contributed by atoms with Gasteiger partial charge in [0.15, 0.2) is 6.07 Å². The van der Waals surface area contributed by atoms with E-state index in [0.717, 1.165) is 0 Å². The number of hydrogen-bond acceptors (Lipinski definition) is 4. The maximum atomic E-state index is 11.3. The maximum Gasteiger partial charge on any atom is 0.354 e. The van der Waals surface area contributed by atoms with Gasteiger partial charge in [-0.15, -0.1) is 0 Å². The minimum absolute atomic E-state index is 0.0833. The van der Waals surface area contributed by atoms with Gasteiger partial charge in [-0.1, -0.05) is 30.3 Å². The molecule has 1 aromatic carbocycles. The molecule has 0 saturated carbocycles. The molecule has 0 aromatic heterocycles. The summed E-state index contributed by atoms with van der Waals surface area (Å²) >= 11 is 0. The van der Waals surface area contributed by atoms with Gasteiger partial charge in [0.2, 0.25) is 5.78 Å². The highest BCUT2D eigenvalue weighted by atomic mass is 16.6. The summed E-state index contributed by atoms with van der Waals surface area (Å²) in [6.45, 7) is 0. The molecule has 0 spiro atoms. The molecule has 15 heavy (non-hydrogen) atoms. The zero-order chi connectivity index (χ0) is 11.3. The third-order valence-electron chi connectivity index (χ3n) is 1.86. The molecule has 0 bridgehead atoms. The third-order valence-corrected chi connectivity index (χ3v) is 1.86. The van der Waals surface area contributed by atoms with E-state index in [2.05, 4.69) is 0 Å². The van der Waals surface area contributed by atoms with Crippen LogP contribution in [0.3, 0.4) is 0 Å². The molecule has 5 nitrogen and oxygen atoms in total. The number of benzene rings is 1. The number of nitrogens with zero attached hydrogens (tertiary/aromatic N) is 2. The van der Waals surface area contributed by atoms with Crippen LogP contribution in [-0.2, 0) is 11.2 Å². The predicted octanol–water partition coefficient (Wildman–Crippen LogP) is 0.967. The van der Waals surface area contributed by atoms with Gasteiger partial charge in [0.1, 0.15) is 0 Å². The number of rotatable bonds is 4. The van der Waals surface area contributed by atoms with Crippen LogP contribution in [0.1, 0.15) is 5.56 Å². The van der Waals surface area contributed by atoms with Gasteiger partial charge in [-0.3, -0.25) is 14.9 Å². The topological polar surface area (TPSA) is 84.0 Å². The predicted molar refractivity (Wildman–Crippen MR) is 51.5 cm³/mol. The van der Waals surface area contributed by atoms with Crippen molar-refractivity contribution in [2.45, 2.75) is 12.5 Å². The highest BCUT2D eigenvalue weighted by molar-refractivity contribution is 5.87. The van der Waals surface area contributed by atoms with Crippen molar-refractivity contribution in [3.05, 3.63) is 46.0 Å². The summed E-state index contributed by atoms with van der Waals surface area (Å²) in [5.74, 6) is -0.686. The summed E-state index contributed by atoms with van der Waals surface area (Å²) in [5.41, 5.74) is 0.671. The van der Waals surface area contributed by atoms with Crippen molar-refractivity contribution in [1.82, 2.24) is 0 Å². The Balaban J connectivity index is 2.72. The first-order valence-electron chi connectivity index (χ1n) is 4.25. The Morgan fingerprint density at radius 2 is 2.07 bits per heavy atom. The molecule has 0 saturated heterocycles. The second kappa shape index (κ2) is 4.86. The van der Waals surface area contributed by atoms with Gasteiger partial charge in [0.05, 0.1) is 0 Å². The molecule has 0 heterocycles. The van der Waals surface area contributed by atoms with Crippen molar-refractivity contribution in [2.75, 3.05) is 0 Å². The number of nitriles is 1. The van der Waals surface area contributed by atoms with Crippen LogP contribution in [-0.4, -0.2) is 16.7 Å². The van der Waals surface area contributed by atoms with E-state index in [4.69, 9.17) is 5.26 Å². The minimum Gasteiger partial charge on any atom is -0.290 e. The van der Waals surface area contributed by atoms with Gasteiger partial charge in [-0.2, -0.15) is 5.26 Å². The molecule has 1 atom stereocenters. The fourth-order valence-corrected chi connectivity index (χ4v) is 1.13. The van der Waals surface area contributed by atoms with Crippen LogP contribution in [0.5, 0.6) is 0 Å². The van der Waals surface area contributed by atoms with Crippen molar-refractivity contribution >= 4 is 5.78 Å². The molecule has 1 unspecified atom stereocenters. The minimum atomic E-state index is -1.76. The Labute approximate surface area is 86.1 Å². The van der Waals surface area contributed by atoms with Crippen LogP contribution < -0.4 is 0 Å². The molecular formula is C10H8N2O3. The highest BCUT2D eigenvalue weighted by Gasteiger charge is 2.28. The fourth-order valence-electron chi connectivity index (χ4n) is 1.13. The molecule has 1 rings (SSSR count). The van der Waals surface area contributed by atoms with Crippen molar-refractivity contribution < 1.29 is 9.72 Å². The Hall–Kier alpha value is -2.22. The Morgan fingerprint density at radius 3 is 2.53 bits per heavy atom. The zero-order valence-electron chi connectivity index (χ0n) is 7.79. The lowest BCUT2D eigenvalue weighted by Gasteiger charge is -2.00. The number of carbonyl (C=O) groups excluding carboxylic acids is 1. The number of carbonyl (C=O) groups is 1. The highest BCUT2D eigenvalue weighted by Crippen LogP contribution is 2.03. The van der Waals surface area contributed by atoms with Gasteiger partial charge in [-0.25, -0.2) is 0 Å². The first-order chi connectivity index (χ1) is 7.15. The van der Waals surface area contributed by atoms with E-state index in [-0.39, 0.29) is 6.42 Å². The van der Waals surface area contributed by atoms with Gasteiger partial charge in [0, 0.05) is 11.3 Å². The molecule has 0 amide bonds. The number of hydrogen-bond donors (Lipinski definition) is 0. The summed E-state index contributed by atoms with van der Waals surface area (Å²) in [7, 11) is 0. The van der Waals surface area contributed by atoms with E-state index in [9.17, 15) is 14.9 Å². The first-order valence-corrected chi connectivity index (χ1v) is 4.25. The lowest BCUT2D eigenvalue weighted by Crippen LogP contribution is -2.29. The van der Waals surface area contributed by atoms with E-state index >= 15 is 0 Å². The van der Waals surface area contributed by atoms with Crippen LogP contribution in [0, 0.1) is 21.4 Å². The van der Waals surface area contributed by atoms with Crippen LogP contribution >= 0.6 is 0 Å². The Kier molecular flexibility index (Phi) is 3.52. The standard InChI is InChI=1S/C10H8N2O3/c11-7-9(12(14)15)10(13)6-8-4-2-1-3-5-8/h1-5,9H,6H2. The molecule has 76 valence electrons. The lowest BCUT2D eigenvalue weighted by atomic mass is 10.1. The molecular weight excluding hydrogens is 196 g/mol. The molecule has 0 radical (unpaired) electrons. The van der Waals surface area contributed by atoms with Crippen molar-refractivity contribution in [3.63, 3.8) is 0 Å². The van der Waals surface area contributed by atoms with Crippen LogP contribution in [0.4, 0.5) is 0 Å². The van der Waals surface area contributed by atoms with Gasteiger partial charge in [-0.05, 0) is 5.56 Å². The van der Waals surface area contributed by atoms with Crippen molar-refractivity contribution in [2.24, 2.45) is 0 Å². The number of Topliss-reactive ketones (excluding diaryl/α,β-unsaturated/α-hetero) is 1. The smallest absolute Gasteiger partial charge is 0.290 e. The summed E-state index contributed by atoms with van der Waals surface area (Å²) in [5, 5.41) is 18.8. The molecule has 0 aliphatic carbocycles. The zero-order valence-corrected chi connectivity index (χ0v) is 7.79. The van der Waals surface area contributed by atoms with E-state index in [1.807, 2.05) is 0 Å². The molecule has 5 heteroatoms. The van der Waals surface area contributed by atoms with Gasteiger partial charge < -0.3 is 0 Å². The summed E-state index contributed by atoms with van der Waals surface area (Å²) in [6, 6.07) is 8.23. The van der Waals surface area contributed by atoms with E-state index < -0.39 is 16.7 Å². The van der Waals surface area contributed by atoms with Crippen LogP contribution in [0.15, 0.2) is 30.3 Å². The summed E-state index contributed by atoms with van der Waals surface area (Å²) in [4.78, 5) is 20.8. The average Bonchev–Trinajstić information content (AvgIpc) is 2.19. The SMILES string of the molecule is N#CC(C(=O)Cc1ccccc1)[N+](=O)[O-]. The lowest BCUT2D eigenvalue weighted by molar-refractivity contribution is -0.492. The first kappa shape index (κ1) is 10.9. The van der Waals surface area contributed by atoms with E-state index in [1.165, 1.54) is 6.07 Å². The van der Waals surface area contributed by atoms with Gasteiger partial charge in [0.25, 0.3) is 0 Å². The largest absolute Gasteiger partial charge is 0.354 e. The van der Waals surface area contributed by atoms with Crippen molar-refractivity contribution in [3.8, 4) is 6.07 Å². The van der Waals surface area contributed by atoms with Crippen molar-refractivity contribution in [1.29, 1.82) is 5.26 Å². The molecule has 1 aromatic rings. The molecule has 0 N–H and O–H groups in total. The Bertz CT molecular complexity index is 408. The summed E-state index contributed by atoms with van der Waals surface area (Å²) in [6.07, 6.45) is -0.0833. The third kappa shape index (κ3) is 2.88. The monoisotopic (exact) mass is 204 g/mol. The van der Waals surface area contributed by atoms with Crippen LogP contribution in [0.2, 0.25) is 0 Å². The normalized spacial score (nSPS) is 11.4. The van der Waals surface area contributed by atoms with E-state index in [0.29, 0.717) is 5.56 Å². The average molecular weight is 204 g/mol. The maximum absolute atomic E-state index is 11.3. The van der Waals surface area contributed by atoms with Crippen LogP contribution in [0.25, 0.3) is 0 Å². The van der Waals surface area contributed by atoms with Gasteiger partial charge >= 0.3 is 6.04 Å². The summed E-state index contributed by atoms with van der Waals surface area (Å²) < 4.78 is 0. The molecule has 0 fully saturated rings.